The Hall–Kier alpha value is -4.90. The third-order valence-corrected chi connectivity index (χ3v) is 20.0. The summed E-state index contributed by atoms with van der Waals surface area (Å²) in [5.74, 6) is 0.930. The van der Waals surface area contributed by atoms with Crippen molar-refractivity contribution in [2.75, 3.05) is 39.6 Å². The molecule has 0 heterocycles. The fourth-order valence-electron chi connectivity index (χ4n) is 10.4. The fraction of sp³-hybridized carbons (Fsp3) is 0.217. The minimum absolute atomic E-state index is 0.0699. The van der Waals surface area contributed by atoms with Crippen molar-refractivity contribution in [3.63, 3.8) is 0 Å². The van der Waals surface area contributed by atoms with Gasteiger partial charge in [-0.25, -0.2) is 9.59 Å². The molecular formula is C69H56Br8O11. The van der Waals surface area contributed by atoms with E-state index < -0.39 is 41.1 Å². The summed E-state index contributed by atoms with van der Waals surface area (Å²) in [7, 11) is 0. The van der Waals surface area contributed by atoms with Crippen LogP contribution in [0, 0.1) is 0 Å². The van der Waals surface area contributed by atoms with E-state index in [1.54, 1.807) is 0 Å². The molecule has 10 rings (SSSR count). The van der Waals surface area contributed by atoms with Crippen LogP contribution < -0.4 is 18.9 Å². The molecule has 0 spiro atoms. The Bertz CT molecular complexity index is 3830. The number of ether oxygens (including phenoxy) is 6. The Balaban J connectivity index is 0.709. The number of fused-ring (bicyclic) bond motifs is 4. The van der Waals surface area contributed by atoms with Crippen molar-refractivity contribution in [2.45, 2.75) is 56.8 Å². The van der Waals surface area contributed by atoms with Gasteiger partial charge in [0.25, 0.3) is 0 Å². The van der Waals surface area contributed by atoms with Gasteiger partial charge in [0, 0.05) is 10.8 Å². The van der Waals surface area contributed by atoms with E-state index in [9.17, 15) is 24.9 Å². The molecule has 0 radical (unpaired) electrons. The molecule has 88 heavy (non-hydrogen) atoms. The third kappa shape index (κ3) is 14.6. The van der Waals surface area contributed by atoms with Crippen molar-refractivity contribution in [3.8, 4) is 23.0 Å². The van der Waals surface area contributed by atoms with Crippen molar-refractivity contribution in [1.82, 2.24) is 0 Å². The lowest BCUT2D eigenvalue weighted by Crippen LogP contribution is -2.26. The second-order valence-electron chi connectivity index (χ2n) is 22.1. The third-order valence-electron chi connectivity index (χ3n) is 15.3. The lowest BCUT2D eigenvalue weighted by Gasteiger charge is -2.29. The summed E-state index contributed by atoms with van der Waals surface area (Å²) in [4.78, 5) is 27.1. The molecule has 2 unspecified atom stereocenters. The first-order chi connectivity index (χ1) is 42.0. The van der Waals surface area contributed by atoms with Gasteiger partial charge >= 0.3 is 11.9 Å². The van der Waals surface area contributed by atoms with Crippen LogP contribution in [0.2, 0.25) is 0 Å². The molecule has 0 aliphatic rings. The Morgan fingerprint density at radius 3 is 0.773 bits per heavy atom. The van der Waals surface area contributed by atoms with Crippen LogP contribution in [0.25, 0.3) is 43.1 Å². The van der Waals surface area contributed by atoms with Gasteiger partial charge in [-0.05, 0) is 253 Å². The molecule has 454 valence electrons. The molecule has 11 nitrogen and oxygen atoms in total. The maximum atomic E-state index is 13.5. The van der Waals surface area contributed by atoms with Crippen LogP contribution in [0.3, 0.4) is 0 Å². The number of esters is 2. The monoisotopic (exact) mass is 1690 g/mol. The topological polar surface area (TPSA) is 150 Å². The summed E-state index contributed by atoms with van der Waals surface area (Å²) < 4.78 is 41.2. The smallest absolute Gasteiger partial charge is 0.339 e. The molecular weight excluding hydrogens is 1640 g/mol. The molecule has 0 saturated carbocycles. The van der Waals surface area contributed by atoms with Gasteiger partial charge < -0.3 is 43.7 Å². The van der Waals surface area contributed by atoms with Gasteiger partial charge in [0.1, 0.15) is 81.0 Å². The van der Waals surface area contributed by atoms with Crippen molar-refractivity contribution >= 4 is 182 Å². The average Bonchev–Trinajstić information content (AvgIpc) is 1.52. The maximum absolute atomic E-state index is 13.5. The van der Waals surface area contributed by atoms with E-state index in [0.717, 1.165) is 65.3 Å². The van der Waals surface area contributed by atoms with Crippen molar-refractivity contribution in [2.24, 2.45) is 0 Å². The summed E-state index contributed by atoms with van der Waals surface area (Å²) in [6.45, 7) is 7.45. The van der Waals surface area contributed by atoms with Crippen LogP contribution in [-0.4, -0.2) is 85.2 Å². The summed E-state index contributed by atoms with van der Waals surface area (Å²) in [5.41, 5.74) is 3.64. The highest BCUT2D eigenvalue weighted by molar-refractivity contribution is 9.12. The van der Waals surface area contributed by atoms with E-state index in [0.29, 0.717) is 69.9 Å². The number of benzene rings is 10. The van der Waals surface area contributed by atoms with E-state index >= 15 is 0 Å². The molecule has 0 bridgehead atoms. The predicted octanol–water partition coefficient (Wildman–Crippen LogP) is 19.1. The largest absolute Gasteiger partial charge is 0.488 e. The molecule has 2 atom stereocenters. The number of aliphatic hydroxyl groups is 3. The van der Waals surface area contributed by atoms with Crippen molar-refractivity contribution < 1.29 is 53.3 Å². The number of halogens is 8. The standard InChI is InChI=1S/C69H56Br8O11/c1-68(2,43-27-56(74)64(57(75)28-43)85-33-46(79)35-87-66(81)60-48-17-9-5-13-37(48)21-38-14-6-10-18-49(38)60)41-23-52(70)62(53(71)24-41)83-31-45(78)32-84-63-54(72)25-42(26-55(63)73)69(3,4)44-29-58(76)65(59(77)30-44)86-34-47(80)36-88-67(82)61-50-19-11-7-15-39(50)22-40-16-8-12-20-51(40)61/h5-30,45-47,78-80H,31-36H2,1-4H3. The second kappa shape index (κ2) is 28.3. The number of hydrogen-bond acceptors (Lipinski definition) is 11. The molecule has 0 saturated heterocycles. The van der Waals surface area contributed by atoms with Crippen LogP contribution in [0.15, 0.2) is 194 Å². The van der Waals surface area contributed by atoms with Crippen molar-refractivity contribution in [3.05, 3.63) is 227 Å². The minimum atomic E-state index is -1.10. The molecule has 10 aromatic rings. The summed E-state index contributed by atoms with van der Waals surface area (Å²) >= 11 is 29.6. The zero-order chi connectivity index (χ0) is 62.8. The highest BCUT2D eigenvalue weighted by Crippen LogP contribution is 2.47. The van der Waals surface area contributed by atoms with E-state index in [4.69, 9.17) is 28.4 Å². The molecule has 3 N–H and O–H groups in total. The lowest BCUT2D eigenvalue weighted by atomic mass is 9.78. The first-order valence-electron chi connectivity index (χ1n) is 27.7. The van der Waals surface area contributed by atoms with Crippen LogP contribution in [0.1, 0.15) is 70.7 Å². The lowest BCUT2D eigenvalue weighted by molar-refractivity contribution is 0.0128. The molecule has 0 aliphatic carbocycles. The Morgan fingerprint density at radius 2 is 0.545 bits per heavy atom. The SMILES string of the molecule is CC(C)(c1cc(Br)c(OCC(O)COC(=O)c2c3ccccc3cc3ccccc23)c(Br)c1)c1cc(Br)c(OCC(O)COc2c(Br)cc(C(C)(C)c3cc(Br)c(OCC(O)COC(=O)c4c5ccccc5cc5ccccc45)c(Br)c3)cc2Br)c(Br)c1. The Labute approximate surface area is 576 Å². The minimum Gasteiger partial charge on any atom is -0.488 e. The van der Waals surface area contributed by atoms with Crippen LogP contribution in [0.4, 0.5) is 0 Å². The van der Waals surface area contributed by atoms with Crippen molar-refractivity contribution in [1.29, 1.82) is 0 Å². The molecule has 0 amide bonds. The Morgan fingerprint density at radius 1 is 0.341 bits per heavy atom. The van der Waals surface area contributed by atoms with E-state index in [-0.39, 0.29) is 39.6 Å². The zero-order valence-corrected chi connectivity index (χ0v) is 60.3. The summed E-state index contributed by atoms with van der Waals surface area (Å²) in [6.07, 6.45) is -3.21. The fourth-order valence-corrected chi connectivity index (χ4v) is 16.0. The molecule has 0 aliphatic heterocycles. The van der Waals surface area contributed by atoms with Crippen LogP contribution in [0.5, 0.6) is 23.0 Å². The number of carbonyl (C=O) groups excluding carboxylic acids is 2. The van der Waals surface area contributed by atoms with Gasteiger partial charge in [-0.15, -0.1) is 0 Å². The van der Waals surface area contributed by atoms with E-state index in [1.165, 1.54) is 0 Å². The van der Waals surface area contributed by atoms with Gasteiger partial charge in [0.2, 0.25) is 0 Å². The van der Waals surface area contributed by atoms with Gasteiger partial charge in [0.05, 0.1) is 46.9 Å². The predicted molar refractivity (Wildman–Crippen MR) is 375 cm³/mol. The van der Waals surface area contributed by atoms with Gasteiger partial charge in [-0.1, -0.05) is 125 Å². The quantitative estimate of drug-likeness (QED) is 0.0439. The van der Waals surface area contributed by atoms with E-state index in [2.05, 4.69) is 155 Å². The zero-order valence-electron chi connectivity index (χ0n) is 47.6. The maximum Gasteiger partial charge on any atom is 0.339 e. The number of aliphatic hydroxyl groups excluding tert-OH is 3. The number of carbonyl (C=O) groups is 2. The number of hydrogen-bond donors (Lipinski definition) is 3. The van der Waals surface area contributed by atoms with Gasteiger partial charge in [-0.3, -0.25) is 0 Å². The molecule has 10 aromatic carbocycles. The average molecular weight is 1700 g/mol. The highest BCUT2D eigenvalue weighted by atomic mass is 79.9. The summed E-state index contributed by atoms with van der Waals surface area (Å²) in [6, 6.07) is 50.5. The summed E-state index contributed by atoms with van der Waals surface area (Å²) in [5, 5.41) is 39.9. The van der Waals surface area contributed by atoms with Crippen LogP contribution >= 0.6 is 127 Å². The Kier molecular flexibility index (Phi) is 21.2. The number of rotatable bonds is 22. The van der Waals surface area contributed by atoms with E-state index in [1.807, 2.05) is 158 Å². The second-order valence-corrected chi connectivity index (χ2v) is 29.0. The molecule has 19 heteroatoms. The molecule has 0 fully saturated rings. The van der Waals surface area contributed by atoms with Gasteiger partial charge in [0.15, 0.2) is 0 Å². The molecule has 0 aromatic heterocycles. The first-order valence-corrected chi connectivity index (χ1v) is 34.0. The van der Waals surface area contributed by atoms with Crippen LogP contribution in [-0.2, 0) is 20.3 Å². The van der Waals surface area contributed by atoms with Gasteiger partial charge in [-0.2, -0.15) is 0 Å². The first kappa shape index (κ1) is 66.0. The normalized spacial score (nSPS) is 12.9. The highest BCUT2D eigenvalue weighted by Gasteiger charge is 2.31.